The number of aromatic hydroxyl groups is 1. The smallest absolute Gasteiger partial charge is 0.129 e. The van der Waals surface area contributed by atoms with E-state index in [9.17, 15) is 15.3 Å². The van der Waals surface area contributed by atoms with Crippen LogP contribution in [0.3, 0.4) is 0 Å². The first-order chi connectivity index (χ1) is 6.56. The van der Waals surface area contributed by atoms with Gasteiger partial charge in [0, 0.05) is 0 Å². The summed E-state index contributed by atoms with van der Waals surface area (Å²) in [6.45, 7) is 0. The minimum Gasteiger partial charge on any atom is -0.507 e. The van der Waals surface area contributed by atoms with Gasteiger partial charge in [0.1, 0.15) is 11.9 Å². The van der Waals surface area contributed by atoms with Crippen molar-refractivity contribution < 1.29 is 15.3 Å². The molecule has 0 heterocycles. The van der Waals surface area contributed by atoms with Gasteiger partial charge < -0.3 is 15.3 Å². The molecule has 2 unspecified atom stereocenters. The highest BCUT2D eigenvalue weighted by atomic mass is 79.9. The fourth-order valence-electron chi connectivity index (χ4n) is 1.01. The first-order valence-electron chi connectivity index (χ1n) is 3.96. The summed E-state index contributed by atoms with van der Waals surface area (Å²) in [7, 11) is 0. The fraction of sp³-hybridized carbons (Fsp3) is 0.333. The van der Waals surface area contributed by atoms with Crippen LogP contribution in [0.25, 0.3) is 0 Å². The van der Waals surface area contributed by atoms with Crippen molar-refractivity contribution in [3.8, 4) is 5.75 Å². The van der Waals surface area contributed by atoms with Crippen LogP contribution in [0.4, 0.5) is 0 Å². The van der Waals surface area contributed by atoms with Crippen molar-refractivity contribution in [2.45, 2.75) is 12.2 Å². The van der Waals surface area contributed by atoms with Crippen LogP contribution < -0.4 is 0 Å². The molecule has 0 aliphatic heterocycles. The summed E-state index contributed by atoms with van der Waals surface area (Å²) in [5.74, 6) is 0.0425. The van der Waals surface area contributed by atoms with Crippen molar-refractivity contribution in [3.63, 3.8) is 0 Å². The highest BCUT2D eigenvalue weighted by Crippen LogP contribution is 2.28. The lowest BCUT2D eigenvalue weighted by Crippen LogP contribution is -2.19. The van der Waals surface area contributed by atoms with E-state index in [2.05, 4.69) is 15.9 Å². The predicted octanol–water partition coefficient (Wildman–Crippen LogP) is 1.79. The molecule has 0 saturated heterocycles. The Morgan fingerprint density at radius 1 is 1.36 bits per heavy atom. The Morgan fingerprint density at radius 2 is 2.00 bits per heavy atom. The summed E-state index contributed by atoms with van der Waals surface area (Å²) < 4.78 is 0.468. The molecule has 0 fully saturated rings. The van der Waals surface area contributed by atoms with Gasteiger partial charge in [0.05, 0.1) is 16.5 Å². The summed E-state index contributed by atoms with van der Waals surface area (Å²) in [6.07, 6.45) is -2.04. The molecule has 14 heavy (non-hydrogen) atoms. The lowest BCUT2D eigenvalue weighted by atomic mass is 10.1. The highest BCUT2D eigenvalue weighted by molar-refractivity contribution is 9.10. The van der Waals surface area contributed by atoms with E-state index in [-0.39, 0.29) is 11.6 Å². The van der Waals surface area contributed by atoms with Crippen molar-refractivity contribution in [2.75, 3.05) is 5.88 Å². The van der Waals surface area contributed by atoms with Crippen molar-refractivity contribution in [2.24, 2.45) is 0 Å². The van der Waals surface area contributed by atoms with E-state index < -0.39 is 12.2 Å². The van der Waals surface area contributed by atoms with Crippen LogP contribution >= 0.6 is 27.5 Å². The second kappa shape index (κ2) is 4.98. The molecule has 0 radical (unpaired) electrons. The Labute approximate surface area is 95.1 Å². The number of hydrogen-bond acceptors (Lipinski definition) is 3. The van der Waals surface area contributed by atoms with Crippen LogP contribution in [-0.2, 0) is 0 Å². The first kappa shape index (κ1) is 11.8. The minimum atomic E-state index is -1.04. The number of aliphatic hydroxyl groups is 2. The largest absolute Gasteiger partial charge is 0.507 e. The van der Waals surface area contributed by atoms with E-state index in [1.165, 1.54) is 18.2 Å². The third kappa shape index (κ3) is 2.60. The van der Waals surface area contributed by atoms with Gasteiger partial charge in [0.25, 0.3) is 0 Å². The van der Waals surface area contributed by atoms with E-state index in [0.29, 0.717) is 10.0 Å². The molecule has 2 atom stereocenters. The number of aliphatic hydroxyl groups excluding tert-OH is 2. The standard InChI is InChI=1S/C9H10BrClO3/c10-6-3-5(1-2-7(6)12)9(14)8(13)4-11/h1-3,8-9,12-14H,4H2. The molecule has 0 spiro atoms. The Morgan fingerprint density at radius 3 is 2.50 bits per heavy atom. The van der Waals surface area contributed by atoms with Crippen molar-refractivity contribution in [1.29, 1.82) is 0 Å². The average Bonchev–Trinajstić information content (AvgIpc) is 2.20. The molecule has 0 aromatic heterocycles. The first-order valence-corrected chi connectivity index (χ1v) is 5.29. The molecule has 0 bridgehead atoms. The van der Waals surface area contributed by atoms with Crippen LogP contribution in [0.5, 0.6) is 5.75 Å². The molecule has 0 saturated carbocycles. The summed E-state index contributed by atoms with van der Waals surface area (Å²) in [6, 6.07) is 4.50. The molecule has 0 aliphatic carbocycles. The summed E-state index contributed by atoms with van der Waals surface area (Å²) >= 11 is 8.51. The summed E-state index contributed by atoms with van der Waals surface area (Å²) in [5, 5.41) is 28.1. The van der Waals surface area contributed by atoms with Crippen molar-refractivity contribution in [3.05, 3.63) is 28.2 Å². The lowest BCUT2D eigenvalue weighted by Gasteiger charge is -2.15. The maximum atomic E-state index is 9.57. The van der Waals surface area contributed by atoms with E-state index in [1.807, 2.05) is 0 Å². The van der Waals surface area contributed by atoms with Gasteiger partial charge in [-0.15, -0.1) is 11.6 Å². The quantitative estimate of drug-likeness (QED) is 0.740. The van der Waals surface area contributed by atoms with Crippen molar-refractivity contribution in [1.82, 2.24) is 0 Å². The Hall–Kier alpha value is -0.290. The average molecular weight is 282 g/mol. The Balaban J connectivity index is 2.91. The molecule has 3 nitrogen and oxygen atoms in total. The van der Waals surface area contributed by atoms with Crippen LogP contribution in [0.2, 0.25) is 0 Å². The van der Waals surface area contributed by atoms with Gasteiger partial charge in [-0.3, -0.25) is 0 Å². The molecule has 3 N–H and O–H groups in total. The number of alkyl halides is 1. The Kier molecular flexibility index (Phi) is 4.19. The van der Waals surface area contributed by atoms with Gasteiger partial charge in [-0.1, -0.05) is 6.07 Å². The topological polar surface area (TPSA) is 60.7 Å². The van der Waals surface area contributed by atoms with E-state index in [1.54, 1.807) is 0 Å². The second-order valence-electron chi connectivity index (χ2n) is 2.88. The number of phenols is 1. The molecule has 5 heteroatoms. The van der Waals surface area contributed by atoms with Crippen LogP contribution in [0.1, 0.15) is 11.7 Å². The molecular formula is C9H10BrClO3. The molecular weight excluding hydrogens is 271 g/mol. The van der Waals surface area contributed by atoms with Gasteiger partial charge in [0.15, 0.2) is 0 Å². The normalized spacial score (nSPS) is 15.1. The van der Waals surface area contributed by atoms with Gasteiger partial charge in [0.2, 0.25) is 0 Å². The number of benzene rings is 1. The maximum absolute atomic E-state index is 9.57. The third-order valence-electron chi connectivity index (χ3n) is 1.84. The SMILES string of the molecule is Oc1ccc(C(O)C(O)CCl)cc1Br. The monoisotopic (exact) mass is 280 g/mol. The van der Waals surface area contributed by atoms with E-state index in [0.717, 1.165) is 0 Å². The minimum absolute atomic E-state index is 0.0420. The van der Waals surface area contributed by atoms with Gasteiger partial charge in [-0.25, -0.2) is 0 Å². The molecule has 1 rings (SSSR count). The molecule has 0 amide bonds. The van der Waals surface area contributed by atoms with Gasteiger partial charge in [-0.05, 0) is 33.6 Å². The third-order valence-corrected chi connectivity index (χ3v) is 2.79. The number of hydrogen-bond donors (Lipinski definition) is 3. The highest BCUT2D eigenvalue weighted by Gasteiger charge is 2.17. The van der Waals surface area contributed by atoms with E-state index in [4.69, 9.17) is 11.6 Å². The van der Waals surface area contributed by atoms with E-state index >= 15 is 0 Å². The number of rotatable bonds is 3. The summed E-state index contributed by atoms with van der Waals surface area (Å²) in [4.78, 5) is 0. The second-order valence-corrected chi connectivity index (χ2v) is 4.04. The zero-order chi connectivity index (χ0) is 10.7. The summed E-state index contributed by atoms with van der Waals surface area (Å²) in [5.41, 5.74) is 0.503. The molecule has 1 aromatic rings. The van der Waals surface area contributed by atoms with Crippen LogP contribution in [0.15, 0.2) is 22.7 Å². The Bertz CT molecular complexity index is 319. The maximum Gasteiger partial charge on any atom is 0.129 e. The molecule has 1 aromatic carbocycles. The zero-order valence-corrected chi connectivity index (χ0v) is 9.53. The number of phenolic OH excluding ortho intramolecular Hbond substituents is 1. The molecule has 78 valence electrons. The zero-order valence-electron chi connectivity index (χ0n) is 7.19. The lowest BCUT2D eigenvalue weighted by molar-refractivity contribution is 0.0326. The molecule has 0 aliphatic rings. The van der Waals surface area contributed by atoms with Crippen molar-refractivity contribution >= 4 is 27.5 Å². The predicted molar refractivity (Wildman–Crippen MR) is 57.5 cm³/mol. The van der Waals surface area contributed by atoms with Gasteiger partial charge in [-0.2, -0.15) is 0 Å². The van der Waals surface area contributed by atoms with Crippen LogP contribution in [0, 0.1) is 0 Å². The fourth-order valence-corrected chi connectivity index (χ4v) is 1.58. The van der Waals surface area contributed by atoms with Crippen LogP contribution in [-0.4, -0.2) is 27.3 Å². The van der Waals surface area contributed by atoms with Gasteiger partial charge >= 0.3 is 0 Å². The number of halogens is 2.